The Morgan fingerprint density at radius 2 is 1.89 bits per heavy atom. The number of Topliss-reactive ketones (excluding diaryl/α,β-unsaturated/α-hetero) is 1. The molecule has 9 heavy (non-hydrogen) atoms. The highest BCUT2D eigenvalue weighted by Gasteiger charge is 2.36. The summed E-state index contributed by atoms with van der Waals surface area (Å²) in [5.74, 6) is -0.990. The summed E-state index contributed by atoms with van der Waals surface area (Å²) in [6.07, 6.45) is -4.89. The summed E-state index contributed by atoms with van der Waals surface area (Å²) in [5, 5.41) is 1.33. The summed E-state index contributed by atoms with van der Waals surface area (Å²) in [7, 11) is 0. The molecule has 0 bridgehead atoms. The molecule has 0 radical (unpaired) electrons. The van der Waals surface area contributed by atoms with E-state index < -0.39 is 12.0 Å². The van der Waals surface area contributed by atoms with Crippen molar-refractivity contribution in [1.82, 2.24) is 0 Å². The Balaban J connectivity index is 4.17. The van der Waals surface area contributed by atoms with E-state index in [-0.39, 0.29) is 0 Å². The van der Waals surface area contributed by atoms with Crippen LogP contribution in [0.15, 0.2) is 0 Å². The average molecular weight is 156 g/mol. The van der Waals surface area contributed by atoms with Crippen molar-refractivity contribution in [3.63, 3.8) is 0 Å². The van der Waals surface area contributed by atoms with Gasteiger partial charge in [-0.05, 0) is 17.5 Å². The molecule has 0 atom stereocenters. The van der Waals surface area contributed by atoms with Gasteiger partial charge in [-0.15, -0.1) is 0 Å². The number of halogens is 4. The minimum absolute atomic E-state index is 1.14. The fourth-order valence-electron chi connectivity index (χ4n) is 0.114. The molecule has 0 aliphatic carbocycles. The molecule has 0 aliphatic rings. The predicted octanol–water partition coefficient (Wildman–Crippen LogP) is 1.32. The molecule has 0 aliphatic heterocycles. The Morgan fingerprint density at radius 3 is 2.00 bits per heavy atom. The molecule has 50 valence electrons. The fourth-order valence-corrected chi connectivity index (χ4v) is 0.200. The third-order valence-electron chi connectivity index (χ3n) is 0.418. The van der Waals surface area contributed by atoms with E-state index in [4.69, 9.17) is 0 Å². The zero-order valence-electron chi connectivity index (χ0n) is 3.92. The molecule has 0 rings (SSSR count). The molecule has 0 amide bonds. The molecule has 0 heterocycles. The van der Waals surface area contributed by atoms with Crippen LogP contribution in [0, 0.1) is 11.3 Å². The number of ketones is 1. The molecule has 0 aromatic carbocycles. The van der Waals surface area contributed by atoms with Gasteiger partial charge in [0.25, 0.3) is 0 Å². The molecule has 0 saturated carbocycles. The van der Waals surface area contributed by atoms with Crippen molar-refractivity contribution in [2.24, 2.45) is 0 Å². The van der Waals surface area contributed by atoms with Crippen molar-refractivity contribution in [3.05, 3.63) is 0 Å². The topological polar surface area (TPSA) is 17.1 Å². The molecule has 0 aromatic heterocycles. The van der Waals surface area contributed by atoms with Crippen LogP contribution < -0.4 is 0 Å². The highest BCUT2D eigenvalue weighted by molar-refractivity contribution is 6.31. The van der Waals surface area contributed by atoms with E-state index >= 15 is 0 Å². The van der Waals surface area contributed by atoms with Crippen molar-refractivity contribution in [1.29, 1.82) is 0 Å². The van der Waals surface area contributed by atoms with E-state index in [1.807, 2.05) is 0 Å². The molecule has 0 saturated heterocycles. The van der Waals surface area contributed by atoms with Crippen LogP contribution in [0.5, 0.6) is 0 Å². The normalized spacial score (nSPS) is 9.78. The van der Waals surface area contributed by atoms with E-state index in [1.54, 1.807) is 0 Å². The van der Waals surface area contributed by atoms with Gasteiger partial charge < -0.3 is 0 Å². The molecule has 5 heteroatoms. The van der Waals surface area contributed by atoms with E-state index in [1.165, 1.54) is 5.38 Å². The standard InChI is InChI=1S/C4ClF3O/c5-2-1-3(9)4(6,7)8. The van der Waals surface area contributed by atoms with Crippen molar-refractivity contribution < 1.29 is 18.0 Å². The highest BCUT2D eigenvalue weighted by Crippen LogP contribution is 2.14. The zero-order chi connectivity index (χ0) is 7.49. The van der Waals surface area contributed by atoms with Gasteiger partial charge in [0.05, 0.1) is 0 Å². The molecule has 1 nitrogen and oxygen atoms in total. The fraction of sp³-hybridized carbons (Fsp3) is 0.250. The molecule has 0 N–H and O–H groups in total. The van der Waals surface area contributed by atoms with Crippen LogP contribution in [0.3, 0.4) is 0 Å². The van der Waals surface area contributed by atoms with Gasteiger partial charge in [-0.2, -0.15) is 13.2 Å². The third-order valence-corrected chi connectivity index (χ3v) is 0.513. The number of hydrogen-bond donors (Lipinski definition) is 0. The van der Waals surface area contributed by atoms with Crippen molar-refractivity contribution >= 4 is 17.4 Å². The van der Waals surface area contributed by atoms with Crippen LogP contribution in [0.4, 0.5) is 13.2 Å². The summed E-state index contributed by atoms with van der Waals surface area (Å²) in [4.78, 5) is 9.68. The second-order valence-electron chi connectivity index (χ2n) is 1.05. The van der Waals surface area contributed by atoms with Gasteiger partial charge in [-0.3, -0.25) is 4.79 Å². The number of hydrogen-bond acceptors (Lipinski definition) is 1. The monoisotopic (exact) mass is 156 g/mol. The van der Waals surface area contributed by atoms with Gasteiger partial charge in [0, 0.05) is 5.38 Å². The van der Waals surface area contributed by atoms with Crippen molar-refractivity contribution in [3.8, 4) is 11.3 Å². The molecule has 0 unspecified atom stereocenters. The van der Waals surface area contributed by atoms with Gasteiger partial charge in [-0.25, -0.2) is 0 Å². The Morgan fingerprint density at radius 1 is 1.44 bits per heavy atom. The Kier molecular flexibility index (Phi) is 2.53. The van der Waals surface area contributed by atoms with Gasteiger partial charge >= 0.3 is 12.0 Å². The van der Waals surface area contributed by atoms with Gasteiger partial charge in [-0.1, -0.05) is 0 Å². The first-order valence-electron chi connectivity index (χ1n) is 1.71. The van der Waals surface area contributed by atoms with Crippen LogP contribution in [-0.2, 0) is 4.79 Å². The summed E-state index contributed by atoms with van der Waals surface area (Å²) in [6, 6.07) is 0. The van der Waals surface area contributed by atoms with Crippen LogP contribution in [0.2, 0.25) is 0 Å². The largest absolute Gasteiger partial charge is 0.463 e. The minimum Gasteiger partial charge on any atom is -0.274 e. The maximum atomic E-state index is 11.1. The maximum absolute atomic E-state index is 11.1. The molecular weight excluding hydrogens is 156 g/mol. The van der Waals surface area contributed by atoms with Gasteiger partial charge in [0.2, 0.25) is 0 Å². The van der Waals surface area contributed by atoms with E-state index in [0.29, 0.717) is 0 Å². The predicted molar refractivity (Wildman–Crippen MR) is 24.7 cm³/mol. The summed E-state index contributed by atoms with van der Waals surface area (Å²) < 4.78 is 33.4. The second-order valence-corrected chi connectivity index (χ2v) is 1.24. The average Bonchev–Trinajstić information content (AvgIpc) is 1.64. The second kappa shape index (κ2) is 2.74. The Hall–Kier alpha value is -0.690. The SMILES string of the molecule is O=C(C#CCl)C(F)(F)F. The van der Waals surface area contributed by atoms with Crippen LogP contribution >= 0.6 is 11.6 Å². The van der Waals surface area contributed by atoms with E-state index in [9.17, 15) is 18.0 Å². The lowest BCUT2D eigenvalue weighted by Gasteiger charge is -1.95. The lowest BCUT2D eigenvalue weighted by molar-refractivity contribution is -0.164. The van der Waals surface area contributed by atoms with Crippen LogP contribution in [-0.4, -0.2) is 12.0 Å². The summed E-state index contributed by atoms with van der Waals surface area (Å²) >= 11 is 4.52. The summed E-state index contributed by atoms with van der Waals surface area (Å²) in [6.45, 7) is 0. The quantitative estimate of drug-likeness (QED) is 0.484. The van der Waals surface area contributed by atoms with Crippen LogP contribution in [0.1, 0.15) is 0 Å². The smallest absolute Gasteiger partial charge is 0.274 e. The number of carbonyl (C=O) groups excluding carboxylic acids is 1. The van der Waals surface area contributed by atoms with Crippen molar-refractivity contribution in [2.45, 2.75) is 6.18 Å². The zero-order valence-corrected chi connectivity index (χ0v) is 4.68. The number of alkyl halides is 3. The van der Waals surface area contributed by atoms with Gasteiger partial charge in [0.15, 0.2) is 0 Å². The maximum Gasteiger partial charge on any atom is 0.463 e. The third kappa shape index (κ3) is 2.98. The molecule has 0 spiro atoms. The van der Waals surface area contributed by atoms with Crippen molar-refractivity contribution in [2.75, 3.05) is 0 Å². The first kappa shape index (κ1) is 8.31. The van der Waals surface area contributed by atoms with E-state index in [2.05, 4.69) is 11.6 Å². The molecule has 0 fully saturated rings. The number of rotatable bonds is 0. The Bertz CT molecular complexity index is 172. The van der Waals surface area contributed by atoms with Crippen LogP contribution in [0.25, 0.3) is 0 Å². The van der Waals surface area contributed by atoms with E-state index in [0.717, 1.165) is 5.92 Å². The molecular formula is C4ClF3O. The highest BCUT2D eigenvalue weighted by atomic mass is 35.5. The lowest BCUT2D eigenvalue weighted by Crippen LogP contribution is -2.20. The number of carbonyl (C=O) groups is 1. The first-order valence-corrected chi connectivity index (χ1v) is 2.09. The summed E-state index contributed by atoms with van der Waals surface area (Å²) in [5.41, 5.74) is 0. The lowest BCUT2D eigenvalue weighted by atomic mass is 10.4. The first-order chi connectivity index (χ1) is 3.98. The minimum atomic E-state index is -4.89. The van der Waals surface area contributed by atoms with Gasteiger partial charge in [0.1, 0.15) is 0 Å². The molecule has 0 aromatic rings. The Labute approximate surface area is 53.8 Å².